The molecule has 1 aliphatic rings. The van der Waals surface area contributed by atoms with Crippen LogP contribution in [0.5, 0.6) is 0 Å². The van der Waals surface area contributed by atoms with Crippen molar-refractivity contribution in [3.63, 3.8) is 0 Å². The molecule has 0 atom stereocenters. The van der Waals surface area contributed by atoms with E-state index in [1.54, 1.807) is 6.07 Å². The van der Waals surface area contributed by atoms with Crippen molar-refractivity contribution in [2.24, 2.45) is 0 Å². The van der Waals surface area contributed by atoms with Crippen molar-refractivity contribution < 1.29 is 32.5 Å². The van der Waals surface area contributed by atoms with Gasteiger partial charge in [0.2, 0.25) is 0 Å². The van der Waals surface area contributed by atoms with Crippen LogP contribution in [-0.4, -0.2) is 35.6 Å². The quantitative estimate of drug-likeness (QED) is 0.257. The van der Waals surface area contributed by atoms with Crippen LogP contribution in [0.1, 0.15) is 42.2 Å². The number of nitrogens with one attached hydrogen (secondary N) is 1. The van der Waals surface area contributed by atoms with E-state index >= 15 is 0 Å². The maximum atomic E-state index is 13.3. The first-order chi connectivity index (χ1) is 15.0. The lowest BCUT2D eigenvalue weighted by Crippen LogP contribution is -2.25. The molecular weight excluding hydrogens is 460 g/mol. The van der Waals surface area contributed by atoms with Gasteiger partial charge in [0.05, 0.1) is 33.8 Å². The second-order valence-electron chi connectivity index (χ2n) is 6.88. The van der Waals surface area contributed by atoms with E-state index in [1.807, 2.05) is 0 Å². The molecule has 0 aromatic heterocycles. The second kappa shape index (κ2) is 7.45. The van der Waals surface area contributed by atoms with Crippen LogP contribution in [0.15, 0.2) is 53.4 Å². The molecule has 0 unspecified atom stereocenters. The van der Waals surface area contributed by atoms with Crippen molar-refractivity contribution in [2.75, 3.05) is 11.1 Å². The summed E-state index contributed by atoms with van der Waals surface area (Å²) in [6.07, 6.45) is 0. The fourth-order valence-electron chi connectivity index (χ4n) is 3.56. The lowest BCUT2D eigenvalue weighted by Gasteiger charge is -2.24. The zero-order valence-electron chi connectivity index (χ0n) is 15.9. The zero-order chi connectivity index (χ0) is 23.4. The number of benzene rings is 3. The van der Waals surface area contributed by atoms with Gasteiger partial charge in [0.25, 0.3) is 10.1 Å². The minimum absolute atomic E-state index is 0.0177. The molecule has 0 saturated heterocycles. The number of halogens is 1. The number of anilines is 3. The van der Waals surface area contributed by atoms with Crippen LogP contribution < -0.4 is 11.1 Å². The number of nitrogen functional groups attached to an aromatic ring is 1. The van der Waals surface area contributed by atoms with Crippen LogP contribution in [0.2, 0.25) is 5.02 Å². The molecule has 0 fully saturated rings. The van der Waals surface area contributed by atoms with Crippen LogP contribution >= 0.6 is 11.6 Å². The smallest absolute Gasteiger partial charge is 0.337 e. The monoisotopic (exact) mass is 472 g/mol. The van der Waals surface area contributed by atoms with Crippen LogP contribution in [0.25, 0.3) is 0 Å². The normalized spacial score (nSPS) is 12.8. The topological polar surface area (TPSA) is 164 Å². The number of ketones is 2. The number of nitrogens with two attached hydrogens (primary N) is 1. The minimum atomic E-state index is -4.91. The Labute approximate surface area is 186 Å². The van der Waals surface area contributed by atoms with Crippen molar-refractivity contribution in [3.8, 4) is 0 Å². The van der Waals surface area contributed by atoms with Gasteiger partial charge in [-0.1, -0.05) is 35.9 Å². The highest BCUT2D eigenvalue weighted by Crippen LogP contribution is 2.40. The van der Waals surface area contributed by atoms with Gasteiger partial charge in [-0.2, -0.15) is 8.42 Å². The molecule has 1 aliphatic carbocycles. The van der Waals surface area contributed by atoms with Crippen LogP contribution in [-0.2, 0) is 10.1 Å². The molecule has 0 saturated carbocycles. The first kappa shape index (κ1) is 21.5. The molecule has 0 spiro atoms. The van der Waals surface area contributed by atoms with E-state index in [2.05, 4.69) is 5.32 Å². The van der Waals surface area contributed by atoms with Gasteiger partial charge in [0, 0.05) is 16.1 Å². The number of hydrogen-bond donors (Lipinski definition) is 4. The van der Waals surface area contributed by atoms with Gasteiger partial charge in [-0.3, -0.25) is 14.1 Å². The van der Waals surface area contributed by atoms with Crippen LogP contribution in [0.3, 0.4) is 0 Å². The molecule has 0 amide bonds. The SMILES string of the molecule is Nc1c(S(=O)(=O)O)cc(Nc2cc(Cl)ccc2C(=O)O)c2c1C(=O)c1ccccc1C2=O. The standard InChI is InChI=1S/C21H13ClN2O7S/c22-9-5-6-12(21(27)28)13(7-9)24-14-8-15(32(29,30)31)18(23)17-16(14)19(25)10-3-1-2-4-11(10)20(17)26/h1-8,24H,23H2,(H,27,28)(H,29,30,31). The number of carboxylic acids is 1. The maximum Gasteiger partial charge on any atom is 0.337 e. The van der Waals surface area contributed by atoms with E-state index in [9.17, 15) is 32.5 Å². The lowest BCUT2D eigenvalue weighted by atomic mass is 9.82. The average molecular weight is 473 g/mol. The predicted molar refractivity (Wildman–Crippen MR) is 116 cm³/mol. The molecule has 9 nitrogen and oxygen atoms in total. The predicted octanol–water partition coefficient (Wildman–Crippen LogP) is 3.39. The lowest BCUT2D eigenvalue weighted by molar-refractivity contribution is 0.0697. The van der Waals surface area contributed by atoms with E-state index in [1.165, 1.54) is 36.4 Å². The first-order valence-electron chi connectivity index (χ1n) is 8.93. The van der Waals surface area contributed by atoms with Gasteiger partial charge in [-0.15, -0.1) is 0 Å². The summed E-state index contributed by atoms with van der Waals surface area (Å²) in [7, 11) is -4.91. The zero-order valence-corrected chi connectivity index (χ0v) is 17.5. The van der Waals surface area contributed by atoms with Crippen molar-refractivity contribution in [3.05, 3.63) is 81.4 Å². The highest BCUT2D eigenvalue weighted by atomic mass is 35.5. The summed E-state index contributed by atoms with van der Waals surface area (Å²) < 4.78 is 33.5. The van der Waals surface area contributed by atoms with E-state index in [4.69, 9.17) is 17.3 Å². The van der Waals surface area contributed by atoms with Crippen molar-refractivity contribution in [2.45, 2.75) is 4.90 Å². The highest BCUT2D eigenvalue weighted by Gasteiger charge is 2.36. The Morgan fingerprint density at radius 3 is 2.09 bits per heavy atom. The third kappa shape index (κ3) is 3.40. The average Bonchev–Trinajstić information content (AvgIpc) is 2.72. The molecule has 5 N–H and O–H groups in total. The molecule has 0 heterocycles. The van der Waals surface area contributed by atoms with E-state index < -0.39 is 43.8 Å². The molecule has 4 rings (SSSR count). The van der Waals surface area contributed by atoms with Crippen molar-refractivity contribution in [1.29, 1.82) is 0 Å². The van der Waals surface area contributed by atoms with Gasteiger partial charge >= 0.3 is 5.97 Å². The Kier molecular flexibility index (Phi) is 5.00. The number of carboxylic acid groups (broad SMARTS) is 1. The van der Waals surface area contributed by atoms with E-state index in [-0.39, 0.29) is 38.7 Å². The van der Waals surface area contributed by atoms with Gasteiger partial charge < -0.3 is 16.2 Å². The minimum Gasteiger partial charge on any atom is -0.478 e. The summed E-state index contributed by atoms with van der Waals surface area (Å²) in [5.41, 5.74) is 4.19. The fraction of sp³-hybridized carbons (Fsp3) is 0. The van der Waals surface area contributed by atoms with Crippen LogP contribution in [0.4, 0.5) is 17.1 Å². The Hall–Kier alpha value is -3.73. The third-order valence-electron chi connectivity index (χ3n) is 4.96. The summed E-state index contributed by atoms with van der Waals surface area (Å²) in [5, 5.41) is 12.3. The Balaban J connectivity index is 2.05. The maximum absolute atomic E-state index is 13.3. The summed E-state index contributed by atoms with van der Waals surface area (Å²) in [4.78, 5) is 37.2. The summed E-state index contributed by atoms with van der Waals surface area (Å²) in [6, 6.07) is 10.6. The number of carbonyl (C=O) groups is 3. The van der Waals surface area contributed by atoms with E-state index in [0.717, 1.165) is 6.07 Å². The molecule has 0 aliphatic heterocycles. The van der Waals surface area contributed by atoms with Gasteiger partial charge in [-0.25, -0.2) is 4.79 Å². The van der Waals surface area contributed by atoms with Crippen LogP contribution in [0, 0.1) is 0 Å². The molecule has 162 valence electrons. The largest absolute Gasteiger partial charge is 0.478 e. The number of hydrogen-bond acceptors (Lipinski definition) is 7. The molecule has 11 heteroatoms. The van der Waals surface area contributed by atoms with Crippen molar-refractivity contribution in [1.82, 2.24) is 0 Å². The van der Waals surface area contributed by atoms with Gasteiger partial charge in [0.1, 0.15) is 4.90 Å². The van der Waals surface area contributed by atoms with Gasteiger partial charge in [-0.05, 0) is 24.3 Å². The fourth-order valence-corrected chi connectivity index (χ4v) is 4.38. The number of aromatic carboxylic acids is 1. The van der Waals surface area contributed by atoms with E-state index in [0.29, 0.717) is 0 Å². The molecule has 3 aromatic rings. The Bertz CT molecular complexity index is 1470. The molecule has 32 heavy (non-hydrogen) atoms. The number of rotatable bonds is 4. The Morgan fingerprint density at radius 2 is 1.53 bits per heavy atom. The molecular formula is C21H13ClN2O7S. The third-order valence-corrected chi connectivity index (χ3v) is 6.09. The number of carbonyl (C=O) groups excluding carboxylic acids is 2. The molecule has 3 aromatic carbocycles. The second-order valence-corrected chi connectivity index (χ2v) is 8.71. The van der Waals surface area contributed by atoms with Crippen molar-refractivity contribution >= 4 is 56.3 Å². The highest BCUT2D eigenvalue weighted by molar-refractivity contribution is 7.86. The Morgan fingerprint density at radius 1 is 0.938 bits per heavy atom. The summed E-state index contributed by atoms with van der Waals surface area (Å²) in [6.45, 7) is 0. The summed E-state index contributed by atoms with van der Waals surface area (Å²) in [5.74, 6) is -2.67. The number of fused-ring (bicyclic) bond motifs is 2. The molecule has 0 bridgehead atoms. The van der Waals surface area contributed by atoms with Gasteiger partial charge in [0.15, 0.2) is 11.6 Å². The first-order valence-corrected chi connectivity index (χ1v) is 10.7. The summed E-state index contributed by atoms with van der Waals surface area (Å²) >= 11 is 5.97. The molecule has 0 radical (unpaired) electrons.